The lowest BCUT2D eigenvalue weighted by molar-refractivity contribution is 0.187. The second-order valence-corrected chi connectivity index (χ2v) is 13.6. The largest absolute Gasteiger partial charge is 0.462 e. The normalized spacial score (nSPS) is 22.1. The maximum absolute atomic E-state index is 12.7. The van der Waals surface area contributed by atoms with Gasteiger partial charge >= 0.3 is 12.0 Å². The van der Waals surface area contributed by atoms with Crippen LogP contribution in [0.5, 0.6) is 6.01 Å². The Morgan fingerprint density at radius 1 is 1.02 bits per heavy atom. The molecule has 3 fully saturated rings. The van der Waals surface area contributed by atoms with Gasteiger partial charge in [0.15, 0.2) is 0 Å². The molecule has 9 heteroatoms. The van der Waals surface area contributed by atoms with E-state index in [-0.39, 0.29) is 17.6 Å². The number of benzene rings is 2. The Morgan fingerprint density at radius 2 is 1.79 bits per heavy atom. The quantitative estimate of drug-likeness (QED) is 0.420. The molecule has 9 nitrogen and oxygen atoms in total. The van der Waals surface area contributed by atoms with E-state index in [2.05, 4.69) is 84.2 Å². The molecule has 4 aliphatic heterocycles. The monoisotopic (exact) mass is 583 g/mol. The van der Waals surface area contributed by atoms with E-state index in [0.29, 0.717) is 18.7 Å². The topological polar surface area (TPSA) is 76.8 Å². The smallest absolute Gasteiger partial charge is 0.318 e. The molecule has 5 heterocycles. The highest BCUT2D eigenvalue weighted by Crippen LogP contribution is 2.36. The number of fused-ring (bicyclic) bond motifs is 2. The van der Waals surface area contributed by atoms with E-state index in [0.717, 1.165) is 76.5 Å². The Balaban J connectivity index is 1.13. The van der Waals surface area contributed by atoms with Crippen molar-refractivity contribution in [2.75, 3.05) is 56.2 Å². The number of rotatable bonds is 6. The Labute approximate surface area is 255 Å². The molecule has 3 saturated heterocycles. The number of carbonyl (C=O) groups is 1. The number of anilines is 2. The first kappa shape index (κ1) is 28.2. The number of carbonyl (C=O) groups excluding carboxylic acids is 1. The summed E-state index contributed by atoms with van der Waals surface area (Å²) in [6.07, 6.45) is 5.06. The van der Waals surface area contributed by atoms with Crippen LogP contribution < -0.4 is 19.9 Å². The molecule has 3 aromatic rings. The molecule has 43 heavy (non-hydrogen) atoms. The minimum absolute atomic E-state index is 0.00682. The third-order valence-corrected chi connectivity index (χ3v) is 10.1. The molecule has 0 saturated carbocycles. The van der Waals surface area contributed by atoms with E-state index < -0.39 is 0 Å². The third-order valence-electron chi connectivity index (χ3n) is 10.1. The van der Waals surface area contributed by atoms with Gasteiger partial charge in [-0.2, -0.15) is 9.97 Å². The zero-order valence-corrected chi connectivity index (χ0v) is 26.1. The summed E-state index contributed by atoms with van der Waals surface area (Å²) in [7, 11) is 2.17. The van der Waals surface area contributed by atoms with Crippen LogP contribution in [0.3, 0.4) is 0 Å². The van der Waals surface area contributed by atoms with Gasteiger partial charge in [0.25, 0.3) is 0 Å². The van der Waals surface area contributed by atoms with Crippen LogP contribution in [0.4, 0.5) is 16.3 Å². The number of nitrogens with zero attached hydrogens (tertiary/aromatic N) is 6. The average molecular weight is 584 g/mol. The minimum atomic E-state index is -0.00682. The van der Waals surface area contributed by atoms with Crippen molar-refractivity contribution in [3.05, 3.63) is 53.2 Å². The van der Waals surface area contributed by atoms with Gasteiger partial charge in [0.2, 0.25) is 0 Å². The standard InChI is InChI=1S/C34H45N7O2/c1-23-8-5-9-24-10-6-12-29(30(23)24)40-19-15-27-28(20-40)36-32(43-21-26-11-7-16-38(26)4)37-31(27)39-17-13-25(14-18-39)35-33(42)41-22-34(41,2)3/h5-6,8-10,12,25-26H,7,11,13-22H2,1-4H3,(H,35,42). The van der Waals surface area contributed by atoms with E-state index in [9.17, 15) is 4.79 Å². The molecule has 228 valence electrons. The number of ether oxygens (including phenoxy) is 1. The van der Waals surface area contributed by atoms with Gasteiger partial charge in [0.05, 0.1) is 17.8 Å². The SMILES string of the molecule is Cc1cccc2cccc(N3CCc4c(nc(OCC5CCCN5C)nc4N4CCC(NC(=O)N5CC5(C)C)CC4)C3)c12. The molecule has 1 atom stereocenters. The van der Waals surface area contributed by atoms with Crippen molar-refractivity contribution in [1.29, 1.82) is 0 Å². The van der Waals surface area contributed by atoms with Gasteiger partial charge in [-0.05, 0) is 83.5 Å². The highest BCUT2D eigenvalue weighted by atomic mass is 16.5. The Bertz CT molecular complexity index is 1510. The number of aryl methyl sites for hydroxylation is 1. The minimum Gasteiger partial charge on any atom is -0.462 e. The van der Waals surface area contributed by atoms with E-state index >= 15 is 0 Å². The Hall–Kier alpha value is -3.59. The molecular weight excluding hydrogens is 538 g/mol. The summed E-state index contributed by atoms with van der Waals surface area (Å²) in [5.41, 5.74) is 4.86. The zero-order chi connectivity index (χ0) is 29.7. The van der Waals surface area contributed by atoms with Gasteiger partial charge < -0.3 is 29.7 Å². The number of amides is 2. The van der Waals surface area contributed by atoms with Crippen molar-refractivity contribution in [1.82, 2.24) is 25.1 Å². The summed E-state index contributed by atoms with van der Waals surface area (Å²) in [4.78, 5) is 32.0. The lowest BCUT2D eigenvalue weighted by Crippen LogP contribution is -2.47. The van der Waals surface area contributed by atoms with Crippen LogP contribution in [0.1, 0.15) is 56.4 Å². The molecule has 1 N–H and O–H groups in total. The number of hydrogen-bond acceptors (Lipinski definition) is 7. The van der Waals surface area contributed by atoms with Crippen molar-refractivity contribution in [3.63, 3.8) is 0 Å². The second kappa shape index (κ2) is 11.2. The van der Waals surface area contributed by atoms with Crippen molar-refractivity contribution in [2.45, 2.75) is 77.0 Å². The number of hydrogen-bond donors (Lipinski definition) is 1. The summed E-state index contributed by atoms with van der Waals surface area (Å²) in [5, 5.41) is 5.86. The molecule has 1 unspecified atom stereocenters. The van der Waals surface area contributed by atoms with Crippen LogP contribution in [-0.4, -0.2) is 89.8 Å². The van der Waals surface area contributed by atoms with E-state index in [1.165, 1.54) is 34.0 Å². The average Bonchev–Trinajstić information content (AvgIpc) is 3.46. The van der Waals surface area contributed by atoms with Crippen molar-refractivity contribution >= 4 is 28.3 Å². The first-order valence-electron chi connectivity index (χ1n) is 16.1. The number of piperidine rings is 1. The molecule has 4 aliphatic rings. The third kappa shape index (κ3) is 5.59. The number of likely N-dealkylation sites (tertiary alicyclic amines) is 1. The molecule has 0 radical (unpaired) electrons. The predicted octanol–water partition coefficient (Wildman–Crippen LogP) is 4.75. The highest BCUT2D eigenvalue weighted by Gasteiger charge is 2.47. The Kier molecular flexibility index (Phi) is 7.32. The summed E-state index contributed by atoms with van der Waals surface area (Å²) in [6, 6.07) is 14.3. The summed E-state index contributed by atoms with van der Waals surface area (Å²) < 4.78 is 6.34. The number of aromatic nitrogens is 2. The molecule has 7 rings (SSSR count). The van der Waals surface area contributed by atoms with Crippen LogP contribution >= 0.6 is 0 Å². The van der Waals surface area contributed by atoms with Crippen LogP contribution in [-0.2, 0) is 13.0 Å². The fraction of sp³-hybridized carbons (Fsp3) is 0.559. The number of urea groups is 1. The molecule has 0 bridgehead atoms. The van der Waals surface area contributed by atoms with Crippen LogP contribution in [0.2, 0.25) is 0 Å². The van der Waals surface area contributed by atoms with Gasteiger partial charge in [-0.25, -0.2) is 4.79 Å². The molecule has 0 aliphatic carbocycles. The lowest BCUT2D eigenvalue weighted by atomic mass is 9.99. The van der Waals surface area contributed by atoms with Gasteiger partial charge in [-0.1, -0.05) is 30.3 Å². The fourth-order valence-corrected chi connectivity index (χ4v) is 7.24. The van der Waals surface area contributed by atoms with E-state index in [1.807, 2.05) is 4.90 Å². The molecule has 1 aromatic heterocycles. The molecule has 2 aromatic carbocycles. The van der Waals surface area contributed by atoms with E-state index in [1.54, 1.807) is 0 Å². The van der Waals surface area contributed by atoms with Crippen LogP contribution in [0, 0.1) is 6.92 Å². The van der Waals surface area contributed by atoms with Gasteiger partial charge in [-0.3, -0.25) is 0 Å². The predicted molar refractivity (Wildman–Crippen MR) is 171 cm³/mol. The lowest BCUT2D eigenvalue weighted by Gasteiger charge is -2.37. The zero-order valence-electron chi connectivity index (χ0n) is 26.1. The summed E-state index contributed by atoms with van der Waals surface area (Å²) in [6.45, 7) is 12.3. The molecule has 0 spiro atoms. The number of nitrogens with one attached hydrogen (secondary N) is 1. The first-order valence-corrected chi connectivity index (χ1v) is 16.1. The highest BCUT2D eigenvalue weighted by molar-refractivity contribution is 5.97. The van der Waals surface area contributed by atoms with Gasteiger partial charge in [0.1, 0.15) is 12.4 Å². The van der Waals surface area contributed by atoms with Crippen molar-refractivity contribution in [3.8, 4) is 6.01 Å². The Morgan fingerprint density at radius 3 is 2.51 bits per heavy atom. The molecule has 2 amide bonds. The summed E-state index contributed by atoms with van der Waals surface area (Å²) in [5.74, 6) is 1.02. The fourth-order valence-electron chi connectivity index (χ4n) is 7.24. The van der Waals surface area contributed by atoms with Gasteiger partial charge in [0, 0.05) is 54.9 Å². The van der Waals surface area contributed by atoms with Crippen molar-refractivity contribution in [2.24, 2.45) is 0 Å². The summed E-state index contributed by atoms with van der Waals surface area (Å²) >= 11 is 0. The second-order valence-electron chi connectivity index (χ2n) is 13.6. The maximum Gasteiger partial charge on any atom is 0.318 e. The molecular formula is C34H45N7O2. The maximum atomic E-state index is 12.7. The van der Waals surface area contributed by atoms with Crippen LogP contribution in [0.25, 0.3) is 10.8 Å². The van der Waals surface area contributed by atoms with Crippen LogP contribution in [0.15, 0.2) is 36.4 Å². The number of likely N-dealkylation sites (N-methyl/N-ethyl adjacent to an activating group) is 1. The van der Waals surface area contributed by atoms with E-state index in [4.69, 9.17) is 14.7 Å². The van der Waals surface area contributed by atoms with Crippen molar-refractivity contribution < 1.29 is 9.53 Å². The first-order chi connectivity index (χ1) is 20.8. The van der Waals surface area contributed by atoms with Gasteiger partial charge in [-0.15, -0.1) is 0 Å².